The molecule has 3 unspecified atom stereocenters. The SMILES string of the molecule is O=C1CCC(NC2CCCC(C3CC3)C2)CN1. The van der Waals surface area contributed by atoms with Crippen molar-refractivity contribution in [3.05, 3.63) is 0 Å². The molecule has 3 rings (SSSR count). The molecule has 96 valence electrons. The Labute approximate surface area is 104 Å². The van der Waals surface area contributed by atoms with Crippen LogP contribution in [0.3, 0.4) is 0 Å². The van der Waals surface area contributed by atoms with Gasteiger partial charge < -0.3 is 10.6 Å². The molecule has 2 saturated carbocycles. The topological polar surface area (TPSA) is 41.1 Å². The molecule has 0 bridgehead atoms. The Morgan fingerprint density at radius 1 is 1.00 bits per heavy atom. The molecule has 2 N–H and O–H groups in total. The second-order valence-corrected chi connectivity index (χ2v) is 6.17. The van der Waals surface area contributed by atoms with Crippen LogP contribution in [0.1, 0.15) is 51.4 Å². The fourth-order valence-electron chi connectivity index (χ4n) is 3.58. The Bertz CT molecular complexity index is 278. The van der Waals surface area contributed by atoms with Gasteiger partial charge in [0.15, 0.2) is 0 Å². The summed E-state index contributed by atoms with van der Waals surface area (Å²) in [5.74, 6) is 2.28. The molecule has 3 aliphatic rings. The van der Waals surface area contributed by atoms with E-state index in [-0.39, 0.29) is 5.91 Å². The minimum atomic E-state index is 0.225. The predicted octanol–water partition coefficient (Wildman–Crippen LogP) is 1.82. The van der Waals surface area contributed by atoms with Gasteiger partial charge in [-0.3, -0.25) is 4.79 Å². The van der Waals surface area contributed by atoms with Crippen LogP contribution in [0.2, 0.25) is 0 Å². The molecule has 0 radical (unpaired) electrons. The van der Waals surface area contributed by atoms with Gasteiger partial charge in [-0.1, -0.05) is 12.8 Å². The summed E-state index contributed by atoms with van der Waals surface area (Å²) in [5.41, 5.74) is 0. The van der Waals surface area contributed by atoms with Gasteiger partial charge in [-0.05, 0) is 43.9 Å². The summed E-state index contributed by atoms with van der Waals surface area (Å²) in [5, 5.41) is 6.74. The van der Waals surface area contributed by atoms with Crippen LogP contribution in [0, 0.1) is 11.8 Å². The van der Waals surface area contributed by atoms with Crippen molar-refractivity contribution in [2.75, 3.05) is 6.54 Å². The van der Waals surface area contributed by atoms with Gasteiger partial charge in [0.25, 0.3) is 0 Å². The van der Waals surface area contributed by atoms with Gasteiger partial charge in [-0.15, -0.1) is 0 Å². The van der Waals surface area contributed by atoms with Crippen LogP contribution in [0.4, 0.5) is 0 Å². The van der Waals surface area contributed by atoms with Gasteiger partial charge in [-0.2, -0.15) is 0 Å². The monoisotopic (exact) mass is 236 g/mol. The fourth-order valence-corrected chi connectivity index (χ4v) is 3.58. The van der Waals surface area contributed by atoms with E-state index in [1.165, 1.54) is 38.5 Å². The lowest BCUT2D eigenvalue weighted by Gasteiger charge is -2.34. The molecule has 0 spiro atoms. The molecule has 3 atom stereocenters. The highest BCUT2D eigenvalue weighted by atomic mass is 16.1. The number of piperidine rings is 1. The van der Waals surface area contributed by atoms with Gasteiger partial charge in [0, 0.05) is 25.0 Å². The quantitative estimate of drug-likeness (QED) is 0.785. The average Bonchev–Trinajstić information content (AvgIpc) is 3.17. The maximum absolute atomic E-state index is 11.1. The molecular weight excluding hydrogens is 212 g/mol. The van der Waals surface area contributed by atoms with Crippen LogP contribution in [0.5, 0.6) is 0 Å². The van der Waals surface area contributed by atoms with Gasteiger partial charge in [0.2, 0.25) is 5.91 Å². The summed E-state index contributed by atoms with van der Waals surface area (Å²) >= 11 is 0. The van der Waals surface area contributed by atoms with E-state index in [1.54, 1.807) is 0 Å². The van der Waals surface area contributed by atoms with E-state index in [1.807, 2.05) is 0 Å². The zero-order valence-corrected chi connectivity index (χ0v) is 10.6. The first-order chi connectivity index (χ1) is 8.31. The van der Waals surface area contributed by atoms with Crippen molar-refractivity contribution >= 4 is 5.91 Å². The van der Waals surface area contributed by atoms with E-state index in [4.69, 9.17) is 0 Å². The lowest BCUT2D eigenvalue weighted by atomic mass is 9.82. The zero-order chi connectivity index (χ0) is 11.7. The Balaban J connectivity index is 1.45. The average molecular weight is 236 g/mol. The second kappa shape index (κ2) is 4.97. The summed E-state index contributed by atoms with van der Waals surface area (Å²) < 4.78 is 0. The molecule has 3 heteroatoms. The highest BCUT2D eigenvalue weighted by Gasteiger charge is 2.35. The molecule has 0 aromatic rings. The Kier molecular flexibility index (Phi) is 3.37. The predicted molar refractivity (Wildman–Crippen MR) is 67.6 cm³/mol. The number of hydrogen-bond donors (Lipinski definition) is 2. The number of amides is 1. The summed E-state index contributed by atoms with van der Waals surface area (Å²) in [6.07, 6.45) is 10.3. The summed E-state index contributed by atoms with van der Waals surface area (Å²) in [4.78, 5) is 11.1. The molecule has 2 aliphatic carbocycles. The highest BCUT2D eigenvalue weighted by molar-refractivity contribution is 5.76. The van der Waals surface area contributed by atoms with Gasteiger partial charge in [0.1, 0.15) is 0 Å². The third kappa shape index (κ3) is 3.01. The zero-order valence-electron chi connectivity index (χ0n) is 10.6. The summed E-state index contributed by atoms with van der Waals surface area (Å²) in [7, 11) is 0. The maximum atomic E-state index is 11.1. The number of rotatable bonds is 3. The first-order valence-corrected chi connectivity index (χ1v) is 7.34. The largest absolute Gasteiger partial charge is 0.355 e. The van der Waals surface area contributed by atoms with Crippen molar-refractivity contribution in [3.8, 4) is 0 Å². The minimum absolute atomic E-state index is 0.225. The Morgan fingerprint density at radius 2 is 1.88 bits per heavy atom. The van der Waals surface area contributed by atoms with Crippen LogP contribution in [-0.4, -0.2) is 24.5 Å². The van der Waals surface area contributed by atoms with Crippen LogP contribution in [0.15, 0.2) is 0 Å². The third-order valence-corrected chi connectivity index (χ3v) is 4.74. The molecule has 1 saturated heterocycles. The number of carbonyl (C=O) groups is 1. The first kappa shape index (κ1) is 11.5. The van der Waals surface area contributed by atoms with E-state index in [0.717, 1.165) is 24.8 Å². The number of nitrogens with one attached hydrogen (secondary N) is 2. The molecule has 1 amide bonds. The Hall–Kier alpha value is -0.570. The van der Waals surface area contributed by atoms with E-state index in [0.29, 0.717) is 18.5 Å². The van der Waals surface area contributed by atoms with E-state index >= 15 is 0 Å². The van der Waals surface area contributed by atoms with Gasteiger partial charge in [0.05, 0.1) is 0 Å². The second-order valence-electron chi connectivity index (χ2n) is 6.17. The van der Waals surface area contributed by atoms with E-state index in [9.17, 15) is 4.79 Å². The highest BCUT2D eigenvalue weighted by Crippen LogP contribution is 2.43. The molecule has 0 aromatic carbocycles. The molecule has 3 fully saturated rings. The van der Waals surface area contributed by atoms with Crippen molar-refractivity contribution < 1.29 is 4.79 Å². The fraction of sp³-hybridized carbons (Fsp3) is 0.929. The van der Waals surface area contributed by atoms with Crippen molar-refractivity contribution in [3.63, 3.8) is 0 Å². The van der Waals surface area contributed by atoms with Crippen LogP contribution >= 0.6 is 0 Å². The minimum Gasteiger partial charge on any atom is -0.355 e. The number of hydrogen-bond acceptors (Lipinski definition) is 2. The lowest BCUT2D eigenvalue weighted by molar-refractivity contribution is -0.122. The van der Waals surface area contributed by atoms with E-state index in [2.05, 4.69) is 10.6 Å². The summed E-state index contributed by atoms with van der Waals surface area (Å²) in [6.45, 7) is 0.837. The third-order valence-electron chi connectivity index (χ3n) is 4.74. The maximum Gasteiger partial charge on any atom is 0.220 e. The molecule has 0 aromatic heterocycles. The van der Waals surface area contributed by atoms with Gasteiger partial charge in [-0.25, -0.2) is 0 Å². The van der Waals surface area contributed by atoms with Crippen molar-refractivity contribution in [2.45, 2.75) is 63.5 Å². The van der Waals surface area contributed by atoms with E-state index < -0.39 is 0 Å². The first-order valence-electron chi connectivity index (χ1n) is 7.34. The molecule has 1 aliphatic heterocycles. The van der Waals surface area contributed by atoms with Crippen LogP contribution in [0.25, 0.3) is 0 Å². The number of carbonyl (C=O) groups excluding carboxylic acids is 1. The normalized spacial score (nSPS) is 38.8. The molecular formula is C14H24N2O. The van der Waals surface area contributed by atoms with Crippen molar-refractivity contribution in [1.29, 1.82) is 0 Å². The molecule has 3 nitrogen and oxygen atoms in total. The summed E-state index contributed by atoms with van der Waals surface area (Å²) in [6, 6.07) is 1.24. The smallest absolute Gasteiger partial charge is 0.220 e. The van der Waals surface area contributed by atoms with Crippen LogP contribution in [-0.2, 0) is 4.79 Å². The van der Waals surface area contributed by atoms with Gasteiger partial charge >= 0.3 is 0 Å². The van der Waals surface area contributed by atoms with Crippen molar-refractivity contribution in [1.82, 2.24) is 10.6 Å². The standard InChI is InChI=1S/C14H24N2O/c17-14-7-6-13(9-15-14)16-12-3-1-2-11(8-12)10-4-5-10/h10-13,16H,1-9H2,(H,15,17). The molecule has 1 heterocycles. The van der Waals surface area contributed by atoms with Crippen LogP contribution < -0.4 is 10.6 Å². The lowest BCUT2D eigenvalue weighted by Crippen LogP contribution is -2.50. The molecule has 17 heavy (non-hydrogen) atoms. The van der Waals surface area contributed by atoms with Crippen molar-refractivity contribution in [2.24, 2.45) is 11.8 Å². The Morgan fingerprint density at radius 3 is 2.59 bits per heavy atom.